The minimum absolute atomic E-state index is 0.00417. The molecular formula is C17H18O4. The lowest BCUT2D eigenvalue weighted by Gasteiger charge is -2.35. The summed E-state index contributed by atoms with van der Waals surface area (Å²) in [4.78, 5) is 23.6. The third kappa shape index (κ3) is 2.15. The summed E-state index contributed by atoms with van der Waals surface area (Å²) in [5.74, 6) is -0.529. The van der Waals surface area contributed by atoms with Gasteiger partial charge in [-0.15, -0.1) is 0 Å². The summed E-state index contributed by atoms with van der Waals surface area (Å²) in [7, 11) is 1.42. The SMILES string of the molecule is COC(=O)[C@]12C=C[C@H](OC(C)=O)C[C@H]1c1ccccc1C2. The van der Waals surface area contributed by atoms with E-state index >= 15 is 0 Å². The molecule has 3 rings (SSSR count). The molecule has 0 heterocycles. The van der Waals surface area contributed by atoms with E-state index in [0.717, 1.165) is 5.56 Å². The summed E-state index contributed by atoms with van der Waals surface area (Å²) >= 11 is 0. The number of carbonyl (C=O) groups is 2. The molecule has 110 valence electrons. The fourth-order valence-corrected chi connectivity index (χ4v) is 3.63. The second-order valence-electron chi connectivity index (χ2n) is 5.70. The predicted molar refractivity (Wildman–Crippen MR) is 76.6 cm³/mol. The molecule has 0 saturated carbocycles. The van der Waals surface area contributed by atoms with Gasteiger partial charge in [0.05, 0.1) is 12.5 Å². The average Bonchev–Trinajstić information content (AvgIpc) is 2.81. The Kier molecular flexibility index (Phi) is 3.32. The van der Waals surface area contributed by atoms with E-state index in [0.29, 0.717) is 12.8 Å². The van der Waals surface area contributed by atoms with Crippen LogP contribution in [0.1, 0.15) is 30.4 Å². The van der Waals surface area contributed by atoms with E-state index in [1.54, 1.807) is 0 Å². The van der Waals surface area contributed by atoms with Crippen LogP contribution in [0.25, 0.3) is 0 Å². The molecule has 21 heavy (non-hydrogen) atoms. The highest BCUT2D eigenvalue weighted by molar-refractivity contribution is 5.83. The number of fused-ring (bicyclic) bond motifs is 3. The van der Waals surface area contributed by atoms with Crippen molar-refractivity contribution in [1.82, 2.24) is 0 Å². The zero-order chi connectivity index (χ0) is 15.0. The minimum atomic E-state index is -0.658. The molecule has 3 atom stereocenters. The van der Waals surface area contributed by atoms with Gasteiger partial charge in [-0.25, -0.2) is 0 Å². The highest BCUT2D eigenvalue weighted by Gasteiger charge is 2.53. The molecule has 0 aromatic heterocycles. The first kappa shape index (κ1) is 13.9. The summed E-state index contributed by atoms with van der Waals surface area (Å²) in [5, 5.41) is 0. The molecule has 0 N–H and O–H groups in total. The van der Waals surface area contributed by atoms with Crippen LogP contribution in [0.4, 0.5) is 0 Å². The van der Waals surface area contributed by atoms with Crippen LogP contribution in [0.3, 0.4) is 0 Å². The first-order valence-electron chi connectivity index (χ1n) is 7.09. The topological polar surface area (TPSA) is 52.6 Å². The van der Waals surface area contributed by atoms with Crippen molar-refractivity contribution in [2.75, 3.05) is 7.11 Å². The summed E-state index contributed by atoms with van der Waals surface area (Å²) in [5.41, 5.74) is 1.67. The highest BCUT2D eigenvalue weighted by atomic mass is 16.5. The van der Waals surface area contributed by atoms with Gasteiger partial charge in [-0.3, -0.25) is 9.59 Å². The van der Waals surface area contributed by atoms with Crippen LogP contribution in [0.5, 0.6) is 0 Å². The summed E-state index contributed by atoms with van der Waals surface area (Å²) < 4.78 is 10.3. The van der Waals surface area contributed by atoms with Gasteiger partial charge in [0.15, 0.2) is 0 Å². The Morgan fingerprint density at radius 3 is 2.76 bits per heavy atom. The minimum Gasteiger partial charge on any atom is -0.468 e. The molecule has 2 aliphatic carbocycles. The van der Waals surface area contributed by atoms with Gasteiger partial charge in [-0.05, 0) is 30.0 Å². The Balaban J connectivity index is 2.02. The molecule has 0 bridgehead atoms. The maximum absolute atomic E-state index is 12.4. The molecular weight excluding hydrogens is 268 g/mol. The van der Waals surface area contributed by atoms with E-state index in [-0.39, 0.29) is 24.0 Å². The monoisotopic (exact) mass is 286 g/mol. The standard InChI is InChI=1S/C17H18O4/c1-11(18)21-13-7-8-17(16(19)20-2)10-12-5-3-4-6-14(12)15(17)9-13/h3-8,13,15H,9-10H2,1-2H3/t13-,15-,17-/m0/s1. The molecule has 1 aromatic rings. The molecule has 4 heteroatoms. The fourth-order valence-electron chi connectivity index (χ4n) is 3.63. The van der Waals surface area contributed by atoms with E-state index in [2.05, 4.69) is 6.07 Å². The Morgan fingerprint density at radius 1 is 1.29 bits per heavy atom. The molecule has 0 spiro atoms. The molecule has 0 radical (unpaired) electrons. The zero-order valence-electron chi connectivity index (χ0n) is 12.2. The van der Waals surface area contributed by atoms with Crippen LogP contribution in [-0.2, 0) is 25.5 Å². The second-order valence-corrected chi connectivity index (χ2v) is 5.70. The number of esters is 2. The molecule has 0 fully saturated rings. The number of rotatable bonds is 2. The smallest absolute Gasteiger partial charge is 0.316 e. The average molecular weight is 286 g/mol. The van der Waals surface area contributed by atoms with Crippen LogP contribution in [-0.4, -0.2) is 25.2 Å². The van der Waals surface area contributed by atoms with Gasteiger partial charge in [0.2, 0.25) is 0 Å². The molecule has 2 aliphatic rings. The Bertz CT molecular complexity index is 619. The Hall–Kier alpha value is -2.10. The van der Waals surface area contributed by atoms with E-state index in [1.165, 1.54) is 19.6 Å². The van der Waals surface area contributed by atoms with Gasteiger partial charge in [-0.1, -0.05) is 30.3 Å². The van der Waals surface area contributed by atoms with Crippen molar-refractivity contribution in [3.8, 4) is 0 Å². The van der Waals surface area contributed by atoms with Gasteiger partial charge in [0.1, 0.15) is 6.10 Å². The lowest BCUT2D eigenvalue weighted by atomic mass is 9.70. The first-order valence-corrected chi connectivity index (χ1v) is 7.09. The van der Waals surface area contributed by atoms with Crippen molar-refractivity contribution < 1.29 is 19.1 Å². The largest absolute Gasteiger partial charge is 0.468 e. The summed E-state index contributed by atoms with van der Waals surface area (Å²) in [6.07, 6.45) is 4.67. The number of ether oxygens (including phenoxy) is 2. The summed E-state index contributed by atoms with van der Waals surface area (Å²) in [6.45, 7) is 1.40. The van der Waals surface area contributed by atoms with Gasteiger partial charge in [0, 0.05) is 12.8 Å². The second kappa shape index (κ2) is 5.02. The van der Waals surface area contributed by atoms with E-state index in [1.807, 2.05) is 30.4 Å². The highest BCUT2D eigenvalue weighted by Crippen LogP contribution is 2.53. The van der Waals surface area contributed by atoms with Crippen LogP contribution < -0.4 is 0 Å². The molecule has 0 saturated heterocycles. The molecule has 0 amide bonds. The van der Waals surface area contributed by atoms with Gasteiger partial charge >= 0.3 is 11.9 Å². The van der Waals surface area contributed by atoms with Gasteiger partial charge in [-0.2, -0.15) is 0 Å². The maximum atomic E-state index is 12.4. The first-order chi connectivity index (χ1) is 10.1. The van der Waals surface area contributed by atoms with E-state index < -0.39 is 5.41 Å². The molecule has 1 aromatic carbocycles. The van der Waals surface area contributed by atoms with E-state index in [4.69, 9.17) is 9.47 Å². The quantitative estimate of drug-likeness (QED) is 0.618. The summed E-state index contributed by atoms with van der Waals surface area (Å²) in [6, 6.07) is 8.06. The van der Waals surface area contributed by atoms with Crippen LogP contribution in [0.15, 0.2) is 36.4 Å². The van der Waals surface area contributed by atoms with Crippen molar-refractivity contribution in [1.29, 1.82) is 0 Å². The van der Waals surface area contributed by atoms with Crippen molar-refractivity contribution in [2.45, 2.75) is 31.8 Å². The molecule has 4 nitrogen and oxygen atoms in total. The van der Waals surface area contributed by atoms with Gasteiger partial charge in [0.25, 0.3) is 0 Å². The van der Waals surface area contributed by atoms with Crippen molar-refractivity contribution in [3.63, 3.8) is 0 Å². The zero-order valence-corrected chi connectivity index (χ0v) is 12.2. The fraction of sp³-hybridized carbons (Fsp3) is 0.412. The normalized spacial score (nSPS) is 29.4. The lowest BCUT2D eigenvalue weighted by molar-refractivity contribution is -0.152. The number of hydrogen-bond donors (Lipinski definition) is 0. The molecule has 0 aliphatic heterocycles. The predicted octanol–water partition coefficient (Wildman–Crippen LogP) is 2.38. The number of hydrogen-bond acceptors (Lipinski definition) is 4. The van der Waals surface area contributed by atoms with Crippen molar-refractivity contribution in [2.24, 2.45) is 5.41 Å². The van der Waals surface area contributed by atoms with Crippen LogP contribution in [0.2, 0.25) is 0 Å². The van der Waals surface area contributed by atoms with Crippen molar-refractivity contribution >= 4 is 11.9 Å². The third-order valence-corrected chi connectivity index (χ3v) is 4.49. The lowest BCUT2D eigenvalue weighted by Crippen LogP contribution is -2.39. The molecule has 0 unspecified atom stereocenters. The van der Waals surface area contributed by atoms with Gasteiger partial charge < -0.3 is 9.47 Å². The number of methoxy groups -OCH3 is 1. The number of benzene rings is 1. The Morgan fingerprint density at radius 2 is 2.05 bits per heavy atom. The van der Waals surface area contributed by atoms with Crippen LogP contribution in [0, 0.1) is 5.41 Å². The van der Waals surface area contributed by atoms with Crippen molar-refractivity contribution in [3.05, 3.63) is 47.5 Å². The third-order valence-electron chi connectivity index (χ3n) is 4.49. The maximum Gasteiger partial charge on any atom is 0.316 e. The Labute approximate surface area is 123 Å². The van der Waals surface area contributed by atoms with E-state index in [9.17, 15) is 9.59 Å². The number of carbonyl (C=O) groups excluding carboxylic acids is 2. The van der Waals surface area contributed by atoms with Crippen LogP contribution >= 0.6 is 0 Å².